The Balaban J connectivity index is 1.59. The smallest absolute Gasteiger partial charge is 0.408 e. The second-order valence-electron chi connectivity index (χ2n) is 13.7. The summed E-state index contributed by atoms with van der Waals surface area (Å²) in [4.78, 5) is 68.5. The van der Waals surface area contributed by atoms with Crippen molar-refractivity contribution >= 4 is 29.6 Å². The molecule has 3 aliphatic rings. The minimum atomic E-state index is -1.08. The molecule has 3 unspecified atom stereocenters. The first-order chi connectivity index (χ1) is 20.7. The van der Waals surface area contributed by atoms with E-state index in [1.54, 1.807) is 31.7 Å². The van der Waals surface area contributed by atoms with Crippen molar-refractivity contribution in [3.63, 3.8) is 0 Å². The predicted octanol–water partition coefficient (Wildman–Crippen LogP) is 3.10. The van der Waals surface area contributed by atoms with E-state index in [4.69, 9.17) is 4.74 Å². The van der Waals surface area contributed by atoms with Gasteiger partial charge in [0.25, 0.3) is 5.91 Å². The van der Waals surface area contributed by atoms with E-state index in [2.05, 4.69) is 43.0 Å². The molecule has 2 fully saturated rings. The van der Waals surface area contributed by atoms with Gasteiger partial charge in [0.15, 0.2) is 0 Å². The number of allylic oxidation sites excluding steroid dienone is 1. The first kappa shape index (κ1) is 33.0. The largest absolute Gasteiger partial charge is 0.444 e. The minimum Gasteiger partial charge on any atom is -0.444 e. The minimum absolute atomic E-state index is 0.0865. The third-order valence-electron chi connectivity index (χ3n) is 9.18. The average molecular weight is 607 g/mol. The van der Waals surface area contributed by atoms with Crippen LogP contribution in [0, 0.1) is 23.2 Å². The van der Waals surface area contributed by atoms with E-state index in [1.165, 1.54) is 6.08 Å². The van der Waals surface area contributed by atoms with Gasteiger partial charge < -0.3 is 25.6 Å². The zero-order chi connectivity index (χ0) is 32.4. The Morgan fingerprint density at radius 2 is 1.68 bits per heavy atom. The lowest BCUT2D eigenvalue weighted by Crippen LogP contribution is -2.59. The summed E-state index contributed by atoms with van der Waals surface area (Å²) >= 11 is 0. The van der Waals surface area contributed by atoms with Gasteiger partial charge in [-0.3, -0.25) is 19.2 Å². The SMILES string of the molecule is C=CCCC(NC(=O)[C@@H]1C2C(CN1C(=O)[C@@H](NC(=O)OC(C)(C)C)C1Cc3ccccc3C1)C2(C)C)C(=O)C(=O)NCC=C. The molecule has 2 aliphatic carbocycles. The number of carbonyl (C=O) groups is 5. The summed E-state index contributed by atoms with van der Waals surface area (Å²) in [7, 11) is 0. The molecular formula is C34H46N4O6. The van der Waals surface area contributed by atoms with Gasteiger partial charge in [-0.15, -0.1) is 13.2 Å². The Morgan fingerprint density at radius 1 is 1.05 bits per heavy atom. The number of rotatable bonds is 12. The van der Waals surface area contributed by atoms with E-state index in [0.29, 0.717) is 25.8 Å². The molecule has 10 heteroatoms. The number of likely N-dealkylation sites (tertiary alicyclic amines) is 1. The summed E-state index contributed by atoms with van der Waals surface area (Å²) in [5.74, 6) is -2.68. The van der Waals surface area contributed by atoms with E-state index in [0.717, 1.165) is 11.1 Å². The lowest BCUT2D eigenvalue weighted by Gasteiger charge is -2.35. The number of hydrogen-bond acceptors (Lipinski definition) is 6. The molecule has 1 heterocycles. The number of Topliss-reactive ketones (excluding diaryl/α,β-unsaturated/α-hetero) is 1. The number of nitrogens with one attached hydrogen (secondary N) is 3. The van der Waals surface area contributed by atoms with Crippen LogP contribution in [0.15, 0.2) is 49.6 Å². The highest BCUT2D eigenvalue weighted by Gasteiger charge is 2.69. The number of fused-ring (bicyclic) bond motifs is 2. The second-order valence-corrected chi connectivity index (χ2v) is 13.7. The summed E-state index contributed by atoms with van der Waals surface area (Å²) < 4.78 is 5.53. The van der Waals surface area contributed by atoms with Gasteiger partial charge in [-0.05, 0) is 80.8 Å². The molecular weight excluding hydrogens is 560 g/mol. The van der Waals surface area contributed by atoms with Crippen LogP contribution in [0.5, 0.6) is 0 Å². The van der Waals surface area contributed by atoms with Crippen molar-refractivity contribution in [1.82, 2.24) is 20.9 Å². The quantitative estimate of drug-likeness (QED) is 0.247. The molecule has 1 aliphatic heterocycles. The van der Waals surface area contributed by atoms with Crippen LogP contribution in [0.2, 0.25) is 0 Å². The fraction of sp³-hybridized carbons (Fsp3) is 0.559. The summed E-state index contributed by atoms with van der Waals surface area (Å²) in [6.07, 6.45) is 4.18. The topological polar surface area (TPSA) is 134 Å². The van der Waals surface area contributed by atoms with E-state index < -0.39 is 47.4 Å². The monoisotopic (exact) mass is 606 g/mol. The van der Waals surface area contributed by atoms with Crippen molar-refractivity contribution in [1.29, 1.82) is 0 Å². The first-order valence-corrected chi connectivity index (χ1v) is 15.4. The number of piperidine rings is 1. The molecule has 1 saturated heterocycles. The van der Waals surface area contributed by atoms with Crippen LogP contribution in [-0.4, -0.2) is 71.3 Å². The lowest BCUT2D eigenvalue weighted by atomic mass is 9.93. The fourth-order valence-electron chi connectivity index (χ4n) is 6.86. The maximum absolute atomic E-state index is 14.4. The van der Waals surface area contributed by atoms with Crippen molar-refractivity contribution in [2.75, 3.05) is 13.1 Å². The number of benzene rings is 1. The molecule has 5 atom stereocenters. The van der Waals surface area contributed by atoms with Crippen LogP contribution in [0.3, 0.4) is 0 Å². The van der Waals surface area contributed by atoms with Gasteiger partial charge in [0, 0.05) is 13.1 Å². The molecule has 3 N–H and O–H groups in total. The Bertz CT molecular complexity index is 1310. The van der Waals surface area contributed by atoms with Crippen molar-refractivity contribution < 1.29 is 28.7 Å². The Kier molecular flexibility index (Phi) is 9.71. The Hall–Kier alpha value is -3.95. The highest BCUT2D eigenvalue weighted by molar-refractivity contribution is 6.38. The molecule has 4 rings (SSSR count). The average Bonchev–Trinajstić information content (AvgIpc) is 3.33. The zero-order valence-electron chi connectivity index (χ0n) is 26.5. The summed E-state index contributed by atoms with van der Waals surface area (Å²) in [6.45, 7) is 17.1. The molecule has 238 valence electrons. The molecule has 1 saturated carbocycles. The predicted molar refractivity (Wildman–Crippen MR) is 166 cm³/mol. The zero-order valence-corrected chi connectivity index (χ0v) is 26.5. The van der Waals surface area contributed by atoms with Gasteiger partial charge in [0.1, 0.15) is 17.7 Å². The normalized spacial score (nSPS) is 22.9. The summed E-state index contributed by atoms with van der Waals surface area (Å²) in [5.41, 5.74) is 1.31. The van der Waals surface area contributed by atoms with Crippen molar-refractivity contribution in [3.8, 4) is 0 Å². The molecule has 4 amide bonds. The van der Waals surface area contributed by atoms with Crippen LogP contribution < -0.4 is 16.0 Å². The van der Waals surface area contributed by atoms with Crippen LogP contribution in [-0.2, 0) is 36.8 Å². The van der Waals surface area contributed by atoms with E-state index in [-0.39, 0.29) is 42.0 Å². The Morgan fingerprint density at radius 3 is 2.25 bits per heavy atom. The maximum Gasteiger partial charge on any atom is 0.408 e. The maximum atomic E-state index is 14.4. The van der Waals surface area contributed by atoms with Crippen LogP contribution in [0.4, 0.5) is 4.79 Å². The molecule has 0 bridgehead atoms. The lowest BCUT2D eigenvalue weighted by molar-refractivity contribution is -0.144. The van der Waals surface area contributed by atoms with Gasteiger partial charge in [-0.2, -0.15) is 0 Å². The fourth-order valence-corrected chi connectivity index (χ4v) is 6.86. The van der Waals surface area contributed by atoms with E-state index in [9.17, 15) is 24.0 Å². The highest BCUT2D eigenvalue weighted by atomic mass is 16.6. The number of ether oxygens (including phenoxy) is 1. The van der Waals surface area contributed by atoms with Gasteiger partial charge in [-0.1, -0.05) is 50.3 Å². The third kappa shape index (κ3) is 7.05. The highest BCUT2D eigenvalue weighted by Crippen LogP contribution is 2.65. The van der Waals surface area contributed by atoms with Crippen molar-refractivity contribution in [2.24, 2.45) is 23.2 Å². The molecule has 1 aromatic carbocycles. The van der Waals surface area contributed by atoms with Gasteiger partial charge >= 0.3 is 6.09 Å². The number of ketones is 1. The molecule has 0 spiro atoms. The standard InChI is InChI=1S/C34H46N4O6/c1-8-10-15-24(28(39)30(41)35-16-9-2)36-29(40)27-25-23(34(25,6)7)19-38(27)31(42)26(37-32(43)44-33(3,4)5)22-17-20-13-11-12-14-21(20)18-22/h8-9,11-14,22-27H,1-2,10,15-19H2,3-7H3,(H,35,41)(H,36,40)(H,37,43)/t23?,24?,25?,26-,27-/m0/s1. The number of amides is 4. The summed E-state index contributed by atoms with van der Waals surface area (Å²) in [5, 5.41) is 8.12. The molecule has 0 radical (unpaired) electrons. The number of alkyl carbamates (subject to hydrolysis) is 1. The van der Waals surface area contributed by atoms with Gasteiger partial charge in [-0.25, -0.2) is 4.79 Å². The second kappa shape index (κ2) is 13.0. The van der Waals surface area contributed by atoms with Crippen molar-refractivity contribution in [2.45, 2.75) is 84.0 Å². The van der Waals surface area contributed by atoms with E-state index >= 15 is 0 Å². The molecule has 0 aromatic heterocycles. The van der Waals surface area contributed by atoms with Crippen LogP contribution in [0.1, 0.15) is 58.6 Å². The number of carbonyl (C=O) groups excluding carboxylic acids is 5. The molecule has 10 nitrogen and oxygen atoms in total. The number of hydrogen-bond donors (Lipinski definition) is 3. The van der Waals surface area contributed by atoms with Crippen LogP contribution >= 0.6 is 0 Å². The summed E-state index contributed by atoms with van der Waals surface area (Å²) in [6, 6.07) is 5.11. The Labute approximate surface area is 260 Å². The molecule has 44 heavy (non-hydrogen) atoms. The van der Waals surface area contributed by atoms with Gasteiger partial charge in [0.2, 0.25) is 17.6 Å². The van der Waals surface area contributed by atoms with Crippen molar-refractivity contribution in [3.05, 3.63) is 60.7 Å². The first-order valence-electron chi connectivity index (χ1n) is 15.4. The number of nitrogens with zero attached hydrogens (tertiary/aromatic N) is 1. The van der Waals surface area contributed by atoms with Gasteiger partial charge in [0.05, 0.1) is 6.04 Å². The van der Waals surface area contributed by atoms with E-state index in [1.807, 2.05) is 24.3 Å². The molecule has 1 aromatic rings. The third-order valence-corrected chi connectivity index (χ3v) is 9.18. The van der Waals surface area contributed by atoms with Crippen LogP contribution in [0.25, 0.3) is 0 Å².